The number of esters is 1. The van der Waals surface area contributed by atoms with Gasteiger partial charge < -0.3 is 10.5 Å². The summed E-state index contributed by atoms with van der Waals surface area (Å²) in [6.07, 6.45) is 0. The molecule has 5 nitrogen and oxygen atoms in total. The van der Waals surface area contributed by atoms with Crippen LogP contribution in [0.1, 0.15) is 17.5 Å². The number of aromatic nitrogens is 1. The molecule has 1 aromatic rings. The topological polar surface area (TPSA) is 89.1 Å². The van der Waals surface area contributed by atoms with Crippen molar-refractivity contribution >= 4 is 23.1 Å². The van der Waals surface area contributed by atoms with Crippen LogP contribution in [0, 0.1) is 12.3 Å². The van der Waals surface area contributed by atoms with E-state index in [4.69, 9.17) is 15.9 Å². The second kappa shape index (κ2) is 3.53. The third-order valence-corrected chi connectivity index (χ3v) is 2.32. The number of nitrogens with zero attached hydrogens (tertiary/aromatic N) is 1. The van der Waals surface area contributed by atoms with Crippen LogP contribution in [-0.2, 0) is 4.79 Å². The van der Waals surface area contributed by atoms with E-state index in [9.17, 15) is 4.79 Å². The fourth-order valence-corrected chi connectivity index (χ4v) is 1.61. The number of nitrogens with two attached hydrogens (primary N) is 1. The molecule has 0 spiro atoms. The predicted molar refractivity (Wildman–Crippen MR) is 49.2 cm³/mol. The first-order valence-electron chi connectivity index (χ1n) is 3.51. The van der Waals surface area contributed by atoms with E-state index in [1.54, 1.807) is 6.92 Å². The fraction of sp³-hybridized carbons (Fsp3) is 0.286. The number of nitrogens with one attached hydrogen (secondary N) is 1. The van der Waals surface area contributed by atoms with Crippen LogP contribution in [0.15, 0.2) is 0 Å². The first-order valence-corrected chi connectivity index (χ1v) is 4.32. The lowest BCUT2D eigenvalue weighted by atomic mass is 10.4. The van der Waals surface area contributed by atoms with Gasteiger partial charge in [-0.05, 0) is 6.92 Å². The Morgan fingerprint density at radius 3 is 2.69 bits per heavy atom. The van der Waals surface area contributed by atoms with E-state index in [1.165, 1.54) is 6.92 Å². The van der Waals surface area contributed by atoms with Crippen molar-refractivity contribution < 1.29 is 9.53 Å². The van der Waals surface area contributed by atoms with E-state index in [-0.39, 0.29) is 11.0 Å². The maximum atomic E-state index is 10.6. The van der Waals surface area contributed by atoms with Crippen LogP contribution >= 0.6 is 11.3 Å². The molecular formula is C7H9N3O2S. The van der Waals surface area contributed by atoms with Gasteiger partial charge in [-0.25, -0.2) is 4.98 Å². The van der Waals surface area contributed by atoms with E-state index >= 15 is 0 Å². The van der Waals surface area contributed by atoms with Crippen molar-refractivity contribution in [1.29, 1.82) is 5.41 Å². The molecule has 0 aliphatic rings. The number of hydrogen-bond donors (Lipinski definition) is 2. The van der Waals surface area contributed by atoms with Crippen LogP contribution in [0.25, 0.3) is 0 Å². The number of carbonyl (C=O) groups is 1. The summed E-state index contributed by atoms with van der Waals surface area (Å²) in [4.78, 5) is 15.0. The Labute approximate surface area is 79.1 Å². The number of aryl methyl sites for hydroxylation is 1. The number of hydrogen-bond acceptors (Lipinski definition) is 5. The van der Waals surface area contributed by atoms with Gasteiger partial charge in [0.15, 0.2) is 0 Å². The summed E-state index contributed by atoms with van der Waals surface area (Å²) in [7, 11) is 0. The zero-order valence-electron chi connectivity index (χ0n) is 7.25. The average Bonchev–Trinajstić information content (AvgIpc) is 2.29. The number of nitrogen functional groups attached to an aromatic ring is 1. The van der Waals surface area contributed by atoms with E-state index in [0.717, 1.165) is 11.3 Å². The van der Waals surface area contributed by atoms with Crippen molar-refractivity contribution in [1.82, 2.24) is 4.98 Å². The molecule has 0 fully saturated rings. The number of amidine groups is 1. The van der Waals surface area contributed by atoms with Gasteiger partial charge in [-0.15, -0.1) is 0 Å². The zero-order valence-corrected chi connectivity index (χ0v) is 8.07. The van der Waals surface area contributed by atoms with Gasteiger partial charge in [0, 0.05) is 6.92 Å². The molecule has 0 bridgehead atoms. The molecule has 1 aromatic heterocycles. The van der Waals surface area contributed by atoms with E-state index < -0.39 is 5.97 Å². The van der Waals surface area contributed by atoms with Crippen LogP contribution in [0.2, 0.25) is 0 Å². The van der Waals surface area contributed by atoms with E-state index in [2.05, 4.69) is 4.98 Å². The molecule has 1 heterocycles. The van der Waals surface area contributed by atoms with Crippen LogP contribution < -0.4 is 10.5 Å². The Morgan fingerprint density at radius 1 is 1.69 bits per heavy atom. The van der Waals surface area contributed by atoms with Gasteiger partial charge >= 0.3 is 5.97 Å². The highest BCUT2D eigenvalue weighted by Gasteiger charge is 2.11. The van der Waals surface area contributed by atoms with Gasteiger partial charge in [-0.1, -0.05) is 11.3 Å². The minimum absolute atomic E-state index is 0.0617. The molecule has 1 rings (SSSR count). The molecule has 0 saturated carbocycles. The summed E-state index contributed by atoms with van der Waals surface area (Å²) in [6, 6.07) is 0. The first kappa shape index (κ1) is 9.66. The van der Waals surface area contributed by atoms with Gasteiger partial charge in [-0.3, -0.25) is 10.2 Å². The monoisotopic (exact) mass is 199 g/mol. The highest BCUT2D eigenvalue weighted by molar-refractivity contribution is 7.15. The highest BCUT2D eigenvalue weighted by atomic mass is 32.1. The molecule has 0 aliphatic heterocycles. The van der Waals surface area contributed by atoms with Gasteiger partial charge in [0.25, 0.3) is 5.19 Å². The summed E-state index contributed by atoms with van der Waals surface area (Å²) >= 11 is 1.09. The molecule has 0 unspecified atom stereocenters. The standard InChI is InChI=1S/C7H9N3O2S/c1-3-5(6(8)9)13-7(10-3)12-4(2)11/h1-2H3,(H3,8,9). The largest absolute Gasteiger partial charge is 0.398 e. The normalized spacial score (nSPS) is 9.69. The molecule has 0 aliphatic carbocycles. The molecule has 0 saturated heterocycles. The second-order valence-corrected chi connectivity index (χ2v) is 3.36. The van der Waals surface area contributed by atoms with Crippen molar-refractivity contribution in [2.24, 2.45) is 5.73 Å². The summed E-state index contributed by atoms with van der Waals surface area (Å²) in [6.45, 7) is 3.00. The zero-order chi connectivity index (χ0) is 10.0. The number of rotatable bonds is 2. The molecule has 70 valence electrons. The lowest BCUT2D eigenvalue weighted by Crippen LogP contribution is -2.10. The summed E-state index contributed by atoms with van der Waals surface area (Å²) in [5.41, 5.74) is 5.88. The lowest BCUT2D eigenvalue weighted by molar-refractivity contribution is -0.131. The van der Waals surface area contributed by atoms with E-state index in [1.807, 2.05) is 0 Å². The Kier molecular flexibility index (Phi) is 2.62. The van der Waals surface area contributed by atoms with Crippen LogP contribution in [0.3, 0.4) is 0 Å². The summed E-state index contributed by atoms with van der Waals surface area (Å²) in [5, 5.41) is 7.41. The van der Waals surface area contributed by atoms with Crippen molar-refractivity contribution in [2.75, 3.05) is 0 Å². The molecule has 3 N–H and O–H groups in total. The number of carbonyl (C=O) groups excluding carboxylic acids is 1. The third kappa shape index (κ3) is 2.25. The number of ether oxygens (including phenoxy) is 1. The summed E-state index contributed by atoms with van der Waals surface area (Å²) < 4.78 is 4.74. The quantitative estimate of drug-likeness (QED) is 0.416. The molecule has 13 heavy (non-hydrogen) atoms. The Bertz CT molecular complexity index is 359. The van der Waals surface area contributed by atoms with Gasteiger partial charge in [-0.2, -0.15) is 0 Å². The highest BCUT2D eigenvalue weighted by Crippen LogP contribution is 2.23. The van der Waals surface area contributed by atoms with Gasteiger partial charge in [0.05, 0.1) is 10.6 Å². The smallest absolute Gasteiger partial charge is 0.309 e. The minimum Gasteiger partial charge on any atom is -0.398 e. The third-order valence-electron chi connectivity index (χ3n) is 1.25. The van der Waals surface area contributed by atoms with Gasteiger partial charge in [0.2, 0.25) is 0 Å². The molecule has 0 aromatic carbocycles. The average molecular weight is 199 g/mol. The minimum atomic E-state index is -0.427. The number of thiazole rings is 1. The molecule has 0 radical (unpaired) electrons. The van der Waals surface area contributed by atoms with Crippen LogP contribution in [0.5, 0.6) is 5.19 Å². The molecule has 0 amide bonds. The maximum absolute atomic E-state index is 10.6. The van der Waals surface area contributed by atoms with Crippen molar-refractivity contribution in [3.8, 4) is 5.19 Å². The Hall–Kier alpha value is -1.43. The fourth-order valence-electron chi connectivity index (χ4n) is 0.788. The second-order valence-electron chi connectivity index (χ2n) is 2.40. The molecule has 0 atom stereocenters. The molecular weight excluding hydrogens is 190 g/mol. The summed E-state index contributed by atoms with van der Waals surface area (Å²) in [5.74, 6) is -0.489. The van der Waals surface area contributed by atoms with Crippen LogP contribution in [0.4, 0.5) is 0 Å². The van der Waals surface area contributed by atoms with Crippen LogP contribution in [-0.4, -0.2) is 16.8 Å². The van der Waals surface area contributed by atoms with Gasteiger partial charge in [0.1, 0.15) is 5.84 Å². The van der Waals surface area contributed by atoms with Crippen molar-refractivity contribution in [3.63, 3.8) is 0 Å². The van der Waals surface area contributed by atoms with Crippen molar-refractivity contribution in [2.45, 2.75) is 13.8 Å². The van der Waals surface area contributed by atoms with E-state index in [0.29, 0.717) is 10.6 Å². The lowest BCUT2D eigenvalue weighted by Gasteiger charge is -1.91. The SMILES string of the molecule is CC(=O)Oc1nc(C)c(C(=N)N)s1. The Morgan fingerprint density at radius 2 is 2.31 bits per heavy atom. The Balaban J connectivity index is 2.95. The molecule has 6 heteroatoms. The maximum Gasteiger partial charge on any atom is 0.309 e. The van der Waals surface area contributed by atoms with Crippen molar-refractivity contribution in [3.05, 3.63) is 10.6 Å². The predicted octanol–water partition coefficient (Wildman–Crippen LogP) is 0.661. The first-order chi connectivity index (χ1) is 6.00.